The van der Waals surface area contributed by atoms with Gasteiger partial charge in [-0.15, -0.1) is 0 Å². The third-order valence-corrected chi connectivity index (χ3v) is 3.10. The number of rotatable bonds is 1. The Morgan fingerprint density at radius 2 is 1.80 bits per heavy atom. The van der Waals surface area contributed by atoms with E-state index in [-0.39, 0.29) is 18.2 Å². The average Bonchev–Trinajstić information content (AvgIpc) is 2.25. The fraction of sp³-hybridized carbons (Fsp3) is 0.200. The van der Waals surface area contributed by atoms with Crippen molar-refractivity contribution < 1.29 is 9.59 Å². The minimum Gasteiger partial charge on any atom is -0.273 e. The molecule has 0 aromatic heterocycles. The number of hydrogen-bond acceptors (Lipinski definition) is 3. The molecule has 1 heterocycles. The highest BCUT2D eigenvalue weighted by Gasteiger charge is 2.29. The number of para-hydroxylation sites is 1. The lowest BCUT2D eigenvalue weighted by Gasteiger charge is -2.30. The molecule has 2 rings (SSSR count). The van der Waals surface area contributed by atoms with Crippen LogP contribution in [0.2, 0.25) is 0 Å². The van der Waals surface area contributed by atoms with E-state index in [0.717, 1.165) is 17.8 Å². The van der Waals surface area contributed by atoms with Crippen molar-refractivity contribution in [2.45, 2.75) is 6.42 Å². The van der Waals surface area contributed by atoms with E-state index in [2.05, 4.69) is 0 Å². The summed E-state index contributed by atoms with van der Waals surface area (Å²) < 4.78 is 3.00. The van der Waals surface area contributed by atoms with Gasteiger partial charge in [0.1, 0.15) is 6.42 Å². The van der Waals surface area contributed by atoms with Crippen molar-refractivity contribution >= 4 is 29.6 Å². The Bertz CT molecular complexity index is 394. The quantitative estimate of drug-likeness (QED) is 0.533. The molecule has 0 radical (unpaired) electrons. The van der Waals surface area contributed by atoms with Crippen LogP contribution in [0.25, 0.3) is 0 Å². The van der Waals surface area contributed by atoms with Gasteiger partial charge in [0.05, 0.1) is 17.8 Å². The molecule has 0 atom stereocenters. The first-order valence-electron chi connectivity index (χ1n) is 4.51. The van der Waals surface area contributed by atoms with Gasteiger partial charge in [0.2, 0.25) is 11.8 Å². The van der Waals surface area contributed by atoms with Gasteiger partial charge < -0.3 is 0 Å². The molecule has 0 saturated carbocycles. The SMILES string of the molecule is CN1SN(c2ccccc2)C(=O)CC1=O. The third kappa shape index (κ3) is 1.97. The van der Waals surface area contributed by atoms with Crippen LogP contribution in [-0.4, -0.2) is 23.2 Å². The molecule has 15 heavy (non-hydrogen) atoms. The van der Waals surface area contributed by atoms with Gasteiger partial charge in [0, 0.05) is 7.05 Å². The summed E-state index contributed by atoms with van der Waals surface area (Å²) in [5.41, 5.74) is 0.798. The number of benzene rings is 1. The van der Waals surface area contributed by atoms with Crippen LogP contribution in [0.4, 0.5) is 5.69 Å². The standard InChI is InChI=1S/C10H10N2O2S/c1-11-9(13)7-10(14)12(15-11)8-5-3-2-4-6-8/h2-6H,7H2,1H3. The molecule has 0 N–H and O–H groups in total. The van der Waals surface area contributed by atoms with Crippen LogP contribution in [-0.2, 0) is 9.59 Å². The predicted octanol–water partition coefficient (Wildman–Crippen LogP) is 1.44. The molecule has 78 valence electrons. The summed E-state index contributed by atoms with van der Waals surface area (Å²) in [5, 5.41) is 0. The number of carbonyl (C=O) groups excluding carboxylic acids is 2. The summed E-state index contributed by atoms with van der Waals surface area (Å²) in [7, 11) is 1.66. The van der Waals surface area contributed by atoms with Gasteiger partial charge in [-0.25, -0.2) is 4.31 Å². The Kier molecular flexibility index (Phi) is 2.64. The minimum absolute atomic E-state index is 0.0571. The lowest BCUT2D eigenvalue weighted by Crippen LogP contribution is -2.39. The zero-order chi connectivity index (χ0) is 10.8. The monoisotopic (exact) mass is 222 g/mol. The zero-order valence-corrected chi connectivity index (χ0v) is 9.03. The minimum atomic E-state index is -0.172. The van der Waals surface area contributed by atoms with Crippen molar-refractivity contribution in [3.63, 3.8) is 0 Å². The molecule has 1 saturated heterocycles. The van der Waals surface area contributed by atoms with Crippen molar-refractivity contribution in [1.29, 1.82) is 0 Å². The second-order valence-corrected chi connectivity index (χ2v) is 4.25. The van der Waals surface area contributed by atoms with Gasteiger partial charge in [-0.05, 0) is 12.1 Å². The molecule has 0 aliphatic carbocycles. The normalized spacial score (nSPS) is 17.1. The molecule has 2 amide bonds. The summed E-state index contributed by atoms with van der Waals surface area (Å²) in [5.74, 6) is -0.327. The first-order valence-corrected chi connectivity index (χ1v) is 5.24. The molecule has 0 spiro atoms. The maximum absolute atomic E-state index is 11.6. The van der Waals surface area contributed by atoms with Gasteiger partial charge in [0.25, 0.3) is 0 Å². The van der Waals surface area contributed by atoms with E-state index >= 15 is 0 Å². The summed E-state index contributed by atoms with van der Waals surface area (Å²) >= 11 is 1.12. The molecule has 1 aromatic carbocycles. The second-order valence-electron chi connectivity index (χ2n) is 3.17. The highest BCUT2D eigenvalue weighted by Crippen LogP contribution is 2.29. The number of amides is 2. The van der Waals surface area contributed by atoms with E-state index in [1.165, 1.54) is 8.61 Å². The van der Waals surface area contributed by atoms with Crippen molar-refractivity contribution in [3.05, 3.63) is 30.3 Å². The molecule has 1 fully saturated rings. The molecule has 4 nitrogen and oxygen atoms in total. The predicted molar refractivity (Wildman–Crippen MR) is 58.9 cm³/mol. The van der Waals surface area contributed by atoms with E-state index in [1.54, 1.807) is 7.05 Å². The summed E-state index contributed by atoms with van der Waals surface area (Å²) in [4.78, 5) is 22.8. The van der Waals surface area contributed by atoms with Gasteiger partial charge >= 0.3 is 0 Å². The van der Waals surface area contributed by atoms with Crippen molar-refractivity contribution in [1.82, 2.24) is 4.31 Å². The van der Waals surface area contributed by atoms with Gasteiger partial charge in [-0.1, -0.05) is 18.2 Å². The Morgan fingerprint density at radius 1 is 1.13 bits per heavy atom. The zero-order valence-electron chi connectivity index (χ0n) is 8.21. The lowest BCUT2D eigenvalue weighted by atomic mass is 10.3. The Labute approximate surface area is 92.1 Å². The van der Waals surface area contributed by atoms with E-state index < -0.39 is 0 Å². The molecule has 1 aromatic rings. The maximum Gasteiger partial charge on any atom is 0.247 e. The number of carbonyl (C=O) groups is 2. The third-order valence-electron chi connectivity index (χ3n) is 2.08. The van der Waals surface area contributed by atoms with E-state index in [1.807, 2.05) is 30.3 Å². The molecule has 0 bridgehead atoms. The number of anilines is 1. The van der Waals surface area contributed by atoms with Crippen LogP contribution in [0.1, 0.15) is 6.42 Å². The first kappa shape index (κ1) is 10.0. The van der Waals surface area contributed by atoms with E-state index in [0.29, 0.717) is 0 Å². The van der Waals surface area contributed by atoms with Crippen LogP contribution in [0.5, 0.6) is 0 Å². The maximum atomic E-state index is 11.6. The summed E-state index contributed by atoms with van der Waals surface area (Å²) in [6.07, 6.45) is -0.0571. The van der Waals surface area contributed by atoms with Crippen molar-refractivity contribution in [3.8, 4) is 0 Å². The van der Waals surface area contributed by atoms with E-state index in [9.17, 15) is 9.59 Å². The summed E-state index contributed by atoms with van der Waals surface area (Å²) in [6, 6.07) is 9.29. The fourth-order valence-electron chi connectivity index (χ4n) is 1.28. The van der Waals surface area contributed by atoms with Crippen molar-refractivity contribution in [2.75, 3.05) is 11.4 Å². The van der Waals surface area contributed by atoms with Crippen LogP contribution in [0.15, 0.2) is 30.3 Å². The topological polar surface area (TPSA) is 40.6 Å². The van der Waals surface area contributed by atoms with Crippen LogP contribution in [0.3, 0.4) is 0 Å². The average molecular weight is 222 g/mol. The smallest absolute Gasteiger partial charge is 0.247 e. The molecule has 0 unspecified atom stereocenters. The molecule has 1 aliphatic heterocycles. The highest BCUT2D eigenvalue weighted by molar-refractivity contribution is 7.99. The fourth-order valence-corrected chi connectivity index (χ4v) is 2.05. The van der Waals surface area contributed by atoms with Crippen LogP contribution < -0.4 is 4.31 Å². The molecular formula is C10H10N2O2S. The van der Waals surface area contributed by atoms with Crippen LogP contribution in [0, 0.1) is 0 Å². The number of nitrogens with zero attached hydrogens (tertiary/aromatic N) is 2. The second kappa shape index (κ2) is 3.94. The first-order chi connectivity index (χ1) is 7.18. The number of hydrogen-bond donors (Lipinski definition) is 0. The Morgan fingerprint density at radius 3 is 2.47 bits per heavy atom. The van der Waals surface area contributed by atoms with Gasteiger partial charge in [-0.3, -0.25) is 13.9 Å². The van der Waals surface area contributed by atoms with Gasteiger partial charge in [0.15, 0.2) is 0 Å². The van der Waals surface area contributed by atoms with Gasteiger partial charge in [-0.2, -0.15) is 0 Å². The Hall–Kier alpha value is -1.49. The highest BCUT2D eigenvalue weighted by atomic mass is 32.2. The molecule has 1 aliphatic rings. The molecular weight excluding hydrogens is 212 g/mol. The largest absolute Gasteiger partial charge is 0.273 e. The Balaban J connectivity index is 2.23. The van der Waals surface area contributed by atoms with Crippen LogP contribution >= 0.6 is 12.1 Å². The summed E-state index contributed by atoms with van der Waals surface area (Å²) in [6.45, 7) is 0. The van der Waals surface area contributed by atoms with Crippen molar-refractivity contribution in [2.24, 2.45) is 0 Å². The van der Waals surface area contributed by atoms with E-state index in [4.69, 9.17) is 0 Å². The molecule has 5 heteroatoms. The lowest BCUT2D eigenvalue weighted by molar-refractivity contribution is -0.131.